The van der Waals surface area contributed by atoms with Crippen molar-refractivity contribution in [1.29, 1.82) is 0 Å². The zero-order valence-electron chi connectivity index (χ0n) is 14.4. The maximum Gasteiger partial charge on any atom is 0.437 e. The van der Waals surface area contributed by atoms with Crippen LogP contribution in [0.2, 0.25) is 0 Å². The van der Waals surface area contributed by atoms with Crippen molar-refractivity contribution in [2.75, 3.05) is 5.32 Å². The number of benzene rings is 2. The van der Waals surface area contributed by atoms with Gasteiger partial charge in [0.25, 0.3) is 0 Å². The third-order valence-electron chi connectivity index (χ3n) is 4.61. The predicted octanol–water partition coefficient (Wildman–Crippen LogP) is 5.51. The van der Waals surface area contributed by atoms with Crippen LogP contribution in [-0.2, 0) is 11.3 Å². The number of rotatable bonds is 5. The molecule has 0 spiro atoms. The SMILES string of the molecule is O=C(Nc1ccccc1)ON=CCc1ccc(C2CCCCC2)cc1. The zero-order chi connectivity index (χ0) is 17.3. The summed E-state index contributed by atoms with van der Waals surface area (Å²) in [6, 6.07) is 17.9. The highest BCUT2D eigenvalue weighted by molar-refractivity contribution is 5.84. The second kappa shape index (κ2) is 9.02. The number of oxime groups is 1. The Kier molecular flexibility index (Phi) is 6.21. The molecule has 0 heterocycles. The van der Waals surface area contributed by atoms with Crippen molar-refractivity contribution in [2.45, 2.75) is 44.4 Å². The van der Waals surface area contributed by atoms with Crippen molar-refractivity contribution < 1.29 is 9.63 Å². The van der Waals surface area contributed by atoms with Gasteiger partial charge in [0.1, 0.15) is 0 Å². The highest BCUT2D eigenvalue weighted by Gasteiger charge is 2.14. The van der Waals surface area contributed by atoms with Crippen LogP contribution in [0.4, 0.5) is 10.5 Å². The lowest BCUT2D eigenvalue weighted by Gasteiger charge is -2.22. The van der Waals surface area contributed by atoms with Gasteiger partial charge in [0.05, 0.1) is 0 Å². The minimum atomic E-state index is -0.588. The Balaban J connectivity index is 1.43. The van der Waals surface area contributed by atoms with Crippen molar-refractivity contribution in [3.8, 4) is 0 Å². The molecule has 1 amide bonds. The molecule has 0 saturated heterocycles. The van der Waals surface area contributed by atoms with Crippen LogP contribution in [0.25, 0.3) is 0 Å². The van der Waals surface area contributed by atoms with Gasteiger partial charge in [-0.3, -0.25) is 10.2 Å². The third kappa shape index (κ3) is 5.45. The molecule has 0 atom stereocenters. The van der Waals surface area contributed by atoms with Gasteiger partial charge in [-0.2, -0.15) is 0 Å². The molecule has 4 heteroatoms. The maximum absolute atomic E-state index is 11.6. The zero-order valence-corrected chi connectivity index (χ0v) is 14.4. The van der Waals surface area contributed by atoms with Crippen LogP contribution in [0.15, 0.2) is 59.8 Å². The number of nitrogens with one attached hydrogen (secondary N) is 1. The molecule has 25 heavy (non-hydrogen) atoms. The van der Waals surface area contributed by atoms with Gasteiger partial charge in [-0.05, 0) is 42.0 Å². The van der Waals surface area contributed by atoms with Crippen molar-refractivity contribution in [2.24, 2.45) is 5.16 Å². The van der Waals surface area contributed by atoms with E-state index >= 15 is 0 Å². The summed E-state index contributed by atoms with van der Waals surface area (Å²) in [6.45, 7) is 0. The summed E-state index contributed by atoms with van der Waals surface area (Å²) in [5.41, 5.74) is 3.29. The quantitative estimate of drug-likeness (QED) is 0.444. The Hall–Kier alpha value is -2.62. The van der Waals surface area contributed by atoms with E-state index in [4.69, 9.17) is 4.84 Å². The number of carbonyl (C=O) groups excluding carboxylic acids is 1. The predicted molar refractivity (Wildman–Crippen MR) is 101 cm³/mol. The lowest BCUT2D eigenvalue weighted by Crippen LogP contribution is -2.10. The minimum absolute atomic E-state index is 0.588. The molecule has 0 aliphatic heterocycles. The van der Waals surface area contributed by atoms with Crippen molar-refractivity contribution in [1.82, 2.24) is 0 Å². The second-order valence-electron chi connectivity index (χ2n) is 6.44. The van der Waals surface area contributed by atoms with E-state index in [1.165, 1.54) is 37.7 Å². The molecule has 0 bridgehead atoms. The Morgan fingerprint density at radius 2 is 1.76 bits per heavy atom. The number of nitrogens with zero attached hydrogens (tertiary/aromatic N) is 1. The molecule has 1 N–H and O–H groups in total. The van der Waals surface area contributed by atoms with E-state index in [0.717, 1.165) is 11.5 Å². The molecule has 0 radical (unpaired) electrons. The van der Waals surface area contributed by atoms with Gasteiger partial charge >= 0.3 is 6.09 Å². The van der Waals surface area contributed by atoms with Gasteiger partial charge in [-0.15, -0.1) is 0 Å². The Bertz CT molecular complexity index is 690. The van der Waals surface area contributed by atoms with Crippen molar-refractivity contribution in [3.63, 3.8) is 0 Å². The first-order valence-corrected chi connectivity index (χ1v) is 8.95. The number of amides is 1. The molecule has 1 saturated carbocycles. The van der Waals surface area contributed by atoms with Crippen LogP contribution in [-0.4, -0.2) is 12.3 Å². The Morgan fingerprint density at radius 3 is 2.48 bits per heavy atom. The summed E-state index contributed by atoms with van der Waals surface area (Å²) in [6.07, 6.45) is 8.36. The molecular formula is C21H24N2O2. The average molecular weight is 336 g/mol. The number of anilines is 1. The fourth-order valence-electron chi connectivity index (χ4n) is 3.25. The summed E-state index contributed by atoms with van der Waals surface area (Å²) in [7, 11) is 0. The van der Waals surface area contributed by atoms with E-state index < -0.39 is 6.09 Å². The highest BCUT2D eigenvalue weighted by atomic mass is 16.7. The molecule has 1 aliphatic carbocycles. The summed E-state index contributed by atoms with van der Waals surface area (Å²) in [5.74, 6) is 0.724. The normalized spacial score (nSPS) is 15.2. The van der Waals surface area contributed by atoms with E-state index in [0.29, 0.717) is 12.1 Å². The van der Waals surface area contributed by atoms with E-state index in [9.17, 15) is 4.79 Å². The molecule has 2 aromatic rings. The molecule has 1 aliphatic rings. The molecule has 2 aromatic carbocycles. The maximum atomic E-state index is 11.6. The number of hydrogen-bond acceptors (Lipinski definition) is 3. The molecule has 130 valence electrons. The van der Waals surface area contributed by atoms with E-state index in [1.807, 2.05) is 18.2 Å². The summed E-state index contributed by atoms with van der Waals surface area (Å²) in [5, 5.41) is 6.35. The van der Waals surface area contributed by atoms with Crippen molar-refractivity contribution in [3.05, 3.63) is 65.7 Å². The lowest BCUT2D eigenvalue weighted by molar-refractivity contribution is 0.167. The monoisotopic (exact) mass is 336 g/mol. The van der Waals surface area contributed by atoms with Crippen molar-refractivity contribution >= 4 is 18.0 Å². The molecule has 4 nitrogen and oxygen atoms in total. The van der Waals surface area contributed by atoms with Crippen LogP contribution in [0.5, 0.6) is 0 Å². The highest BCUT2D eigenvalue weighted by Crippen LogP contribution is 2.32. The topological polar surface area (TPSA) is 50.7 Å². The van der Waals surface area contributed by atoms with Crippen LogP contribution in [0, 0.1) is 0 Å². The molecule has 3 rings (SSSR count). The summed E-state index contributed by atoms with van der Waals surface area (Å²) in [4.78, 5) is 16.4. The number of carbonyl (C=O) groups is 1. The molecule has 0 aromatic heterocycles. The molecule has 1 fully saturated rings. The fourth-order valence-corrected chi connectivity index (χ4v) is 3.25. The Morgan fingerprint density at radius 1 is 1.04 bits per heavy atom. The van der Waals surface area contributed by atoms with Gasteiger partial charge < -0.3 is 0 Å². The van der Waals surface area contributed by atoms with Gasteiger partial charge in [0, 0.05) is 18.3 Å². The van der Waals surface area contributed by atoms with E-state index in [-0.39, 0.29) is 0 Å². The van der Waals surface area contributed by atoms with Crippen LogP contribution in [0.1, 0.15) is 49.1 Å². The smallest absolute Gasteiger partial charge is 0.298 e. The number of para-hydroxylation sites is 1. The first-order chi connectivity index (χ1) is 12.3. The number of hydrogen-bond donors (Lipinski definition) is 1. The largest absolute Gasteiger partial charge is 0.437 e. The average Bonchev–Trinajstić information content (AvgIpc) is 2.67. The third-order valence-corrected chi connectivity index (χ3v) is 4.61. The van der Waals surface area contributed by atoms with Gasteiger partial charge in [-0.25, -0.2) is 4.79 Å². The molecular weight excluding hydrogens is 312 g/mol. The second-order valence-corrected chi connectivity index (χ2v) is 6.44. The fraction of sp³-hybridized carbons (Fsp3) is 0.333. The Labute approximate surface area is 148 Å². The minimum Gasteiger partial charge on any atom is -0.298 e. The van der Waals surface area contributed by atoms with E-state index in [1.54, 1.807) is 18.3 Å². The standard InChI is InChI=1S/C21H24N2O2/c24-21(23-20-9-5-2-6-10-20)25-22-16-15-17-11-13-19(14-12-17)18-7-3-1-4-8-18/h2,5-6,9-14,16,18H,1,3-4,7-8,15H2,(H,23,24). The summed E-state index contributed by atoms with van der Waals surface area (Å²) >= 11 is 0. The van der Waals surface area contributed by atoms with Gasteiger partial charge in [0.15, 0.2) is 0 Å². The first kappa shape index (κ1) is 17.2. The van der Waals surface area contributed by atoms with Crippen LogP contribution >= 0.6 is 0 Å². The summed E-state index contributed by atoms with van der Waals surface area (Å²) < 4.78 is 0. The van der Waals surface area contributed by atoms with E-state index in [2.05, 4.69) is 34.7 Å². The van der Waals surface area contributed by atoms with Crippen LogP contribution in [0.3, 0.4) is 0 Å². The lowest BCUT2D eigenvalue weighted by atomic mass is 9.84. The molecule has 0 unspecified atom stereocenters. The van der Waals surface area contributed by atoms with Gasteiger partial charge in [0.2, 0.25) is 0 Å². The van der Waals surface area contributed by atoms with Crippen LogP contribution < -0.4 is 5.32 Å². The van der Waals surface area contributed by atoms with Gasteiger partial charge in [-0.1, -0.05) is 66.9 Å². The first-order valence-electron chi connectivity index (χ1n) is 8.95.